The molecule has 6 nitrogen and oxygen atoms in total. The van der Waals surface area contributed by atoms with Crippen molar-refractivity contribution in [3.8, 4) is 0 Å². The first-order valence-electron chi connectivity index (χ1n) is 8.55. The van der Waals surface area contributed by atoms with Gasteiger partial charge in [0.25, 0.3) is 0 Å². The standard InChI is InChI=1S/C20H18Cl2N2O4/c21-11-1-5-13(6-2-11)23-17-9-16(20(27)28)18(10-15(17)19(25)26)24-14-7-3-12(22)4-8-14/h1-9,15,17-18,23-24H,10H2,(H,25,26)(H,27,28). The Morgan fingerprint density at radius 1 is 0.857 bits per heavy atom. The maximum absolute atomic E-state index is 11.8. The van der Waals surface area contributed by atoms with E-state index in [0.29, 0.717) is 21.4 Å². The molecule has 2 aromatic rings. The molecule has 8 heteroatoms. The fourth-order valence-corrected chi connectivity index (χ4v) is 3.44. The molecule has 0 spiro atoms. The average molecular weight is 421 g/mol. The lowest BCUT2D eigenvalue weighted by Crippen LogP contribution is -2.44. The first-order chi connectivity index (χ1) is 13.3. The third kappa shape index (κ3) is 4.77. The Bertz CT molecular complexity index is 897. The minimum absolute atomic E-state index is 0.110. The number of halogens is 2. The van der Waals surface area contributed by atoms with E-state index in [1.54, 1.807) is 48.5 Å². The summed E-state index contributed by atoms with van der Waals surface area (Å²) < 4.78 is 0. The van der Waals surface area contributed by atoms with Crippen LogP contribution in [0.5, 0.6) is 0 Å². The van der Waals surface area contributed by atoms with E-state index in [4.69, 9.17) is 23.2 Å². The molecule has 3 atom stereocenters. The van der Waals surface area contributed by atoms with Gasteiger partial charge in [-0.15, -0.1) is 0 Å². The predicted octanol–water partition coefficient (Wildman–Crippen LogP) is 4.37. The van der Waals surface area contributed by atoms with Crippen LogP contribution in [0.15, 0.2) is 60.2 Å². The quantitative estimate of drug-likeness (QED) is 0.553. The highest BCUT2D eigenvalue weighted by atomic mass is 35.5. The van der Waals surface area contributed by atoms with Gasteiger partial charge in [-0.1, -0.05) is 23.2 Å². The SMILES string of the molecule is O=C(O)C1=CC(Nc2ccc(Cl)cc2)C(C(=O)O)CC1Nc1ccc(Cl)cc1. The Balaban J connectivity index is 1.88. The molecule has 3 unspecified atom stereocenters. The first-order valence-corrected chi connectivity index (χ1v) is 9.31. The number of nitrogens with one attached hydrogen (secondary N) is 2. The normalized spacial score (nSPS) is 21.5. The number of aliphatic carboxylic acids is 2. The number of carboxylic acids is 2. The van der Waals surface area contributed by atoms with E-state index in [0.717, 1.165) is 0 Å². The van der Waals surface area contributed by atoms with Gasteiger partial charge in [-0.2, -0.15) is 0 Å². The molecular weight excluding hydrogens is 403 g/mol. The second-order valence-corrected chi connectivity index (χ2v) is 7.36. The van der Waals surface area contributed by atoms with Gasteiger partial charge < -0.3 is 20.8 Å². The number of benzene rings is 2. The zero-order valence-electron chi connectivity index (χ0n) is 14.6. The number of hydrogen-bond donors (Lipinski definition) is 4. The molecule has 0 radical (unpaired) electrons. The third-order valence-corrected chi connectivity index (χ3v) is 5.09. The van der Waals surface area contributed by atoms with Gasteiger partial charge in [-0.3, -0.25) is 4.79 Å². The third-order valence-electron chi connectivity index (χ3n) is 4.58. The van der Waals surface area contributed by atoms with Crippen LogP contribution < -0.4 is 10.6 Å². The molecule has 1 aliphatic rings. The molecule has 146 valence electrons. The highest BCUT2D eigenvalue weighted by molar-refractivity contribution is 6.30. The van der Waals surface area contributed by atoms with Crippen molar-refractivity contribution in [3.63, 3.8) is 0 Å². The molecule has 0 heterocycles. The van der Waals surface area contributed by atoms with Crippen molar-refractivity contribution in [1.29, 1.82) is 0 Å². The fourth-order valence-electron chi connectivity index (χ4n) is 3.19. The van der Waals surface area contributed by atoms with Crippen molar-refractivity contribution in [1.82, 2.24) is 0 Å². The van der Waals surface area contributed by atoms with Crippen LogP contribution in [0.3, 0.4) is 0 Å². The number of anilines is 2. The minimum Gasteiger partial charge on any atom is -0.481 e. The fraction of sp³-hybridized carbons (Fsp3) is 0.200. The summed E-state index contributed by atoms with van der Waals surface area (Å²) in [7, 11) is 0. The highest BCUT2D eigenvalue weighted by Gasteiger charge is 2.38. The highest BCUT2D eigenvalue weighted by Crippen LogP contribution is 2.30. The lowest BCUT2D eigenvalue weighted by molar-refractivity contribution is -0.143. The molecule has 0 aromatic heterocycles. The maximum Gasteiger partial charge on any atom is 0.333 e. The summed E-state index contributed by atoms with van der Waals surface area (Å²) in [5, 5.41) is 26.6. The second kappa shape index (κ2) is 8.54. The number of hydrogen-bond acceptors (Lipinski definition) is 4. The summed E-state index contributed by atoms with van der Waals surface area (Å²) in [5.74, 6) is -2.92. The molecule has 28 heavy (non-hydrogen) atoms. The molecule has 0 bridgehead atoms. The van der Waals surface area contributed by atoms with Crippen molar-refractivity contribution in [2.45, 2.75) is 18.5 Å². The van der Waals surface area contributed by atoms with Crippen LogP contribution in [0.4, 0.5) is 11.4 Å². The Kier molecular flexibility index (Phi) is 6.11. The molecule has 4 N–H and O–H groups in total. The summed E-state index contributed by atoms with van der Waals surface area (Å²) in [6.45, 7) is 0. The second-order valence-electron chi connectivity index (χ2n) is 6.49. The molecule has 3 rings (SSSR count). The van der Waals surface area contributed by atoms with E-state index in [9.17, 15) is 19.8 Å². The number of carbonyl (C=O) groups is 2. The van der Waals surface area contributed by atoms with Crippen molar-refractivity contribution in [3.05, 3.63) is 70.2 Å². The van der Waals surface area contributed by atoms with Crippen LogP contribution in [0.1, 0.15) is 6.42 Å². The number of carboxylic acid groups (broad SMARTS) is 2. The molecule has 2 aromatic carbocycles. The van der Waals surface area contributed by atoms with Gasteiger partial charge in [0.15, 0.2) is 0 Å². The zero-order chi connectivity index (χ0) is 20.3. The lowest BCUT2D eigenvalue weighted by atomic mass is 9.81. The van der Waals surface area contributed by atoms with Crippen molar-refractivity contribution >= 4 is 46.5 Å². The van der Waals surface area contributed by atoms with Crippen LogP contribution in [0.2, 0.25) is 10.0 Å². The van der Waals surface area contributed by atoms with Crippen molar-refractivity contribution in [2.24, 2.45) is 5.92 Å². The van der Waals surface area contributed by atoms with E-state index in [2.05, 4.69) is 10.6 Å². The van der Waals surface area contributed by atoms with Crippen LogP contribution >= 0.6 is 23.2 Å². The smallest absolute Gasteiger partial charge is 0.333 e. The monoisotopic (exact) mass is 420 g/mol. The van der Waals surface area contributed by atoms with Gasteiger partial charge in [0.05, 0.1) is 23.6 Å². The van der Waals surface area contributed by atoms with Gasteiger partial charge in [-0.05, 0) is 61.0 Å². The van der Waals surface area contributed by atoms with E-state index in [-0.39, 0.29) is 12.0 Å². The van der Waals surface area contributed by atoms with Gasteiger partial charge in [0, 0.05) is 21.4 Å². The zero-order valence-corrected chi connectivity index (χ0v) is 16.1. The van der Waals surface area contributed by atoms with Crippen LogP contribution in [-0.4, -0.2) is 34.2 Å². The van der Waals surface area contributed by atoms with E-state index < -0.39 is 29.9 Å². The number of rotatable bonds is 6. The van der Waals surface area contributed by atoms with Gasteiger partial charge in [-0.25, -0.2) is 4.79 Å². The lowest BCUT2D eigenvalue weighted by Gasteiger charge is -2.33. The summed E-state index contributed by atoms with van der Waals surface area (Å²) >= 11 is 11.8. The van der Waals surface area contributed by atoms with E-state index in [1.165, 1.54) is 6.08 Å². The molecule has 0 aliphatic heterocycles. The molecular formula is C20H18Cl2N2O4. The Morgan fingerprint density at radius 3 is 1.82 bits per heavy atom. The molecule has 0 amide bonds. The van der Waals surface area contributed by atoms with E-state index in [1.807, 2.05) is 0 Å². The molecule has 0 saturated heterocycles. The summed E-state index contributed by atoms with van der Waals surface area (Å²) in [5.41, 5.74) is 1.43. The average Bonchev–Trinajstić information content (AvgIpc) is 2.66. The van der Waals surface area contributed by atoms with Gasteiger partial charge in [0.1, 0.15) is 0 Å². The van der Waals surface area contributed by atoms with Crippen LogP contribution in [0.25, 0.3) is 0 Å². The predicted molar refractivity (Wildman–Crippen MR) is 109 cm³/mol. The molecule has 0 fully saturated rings. The van der Waals surface area contributed by atoms with Crippen LogP contribution in [-0.2, 0) is 9.59 Å². The largest absolute Gasteiger partial charge is 0.481 e. The van der Waals surface area contributed by atoms with Crippen molar-refractivity contribution < 1.29 is 19.8 Å². The first kappa shape index (κ1) is 20.0. The van der Waals surface area contributed by atoms with Crippen LogP contribution in [0, 0.1) is 5.92 Å². The Labute approximate surface area is 171 Å². The Hall–Kier alpha value is -2.70. The van der Waals surface area contributed by atoms with Gasteiger partial charge in [0.2, 0.25) is 0 Å². The van der Waals surface area contributed by atoms with Crippen molar-refractivity contribution in [2.75, 3.05) is 10.6 Å². The van der Waals surface area contributed by atoms with E-state index >= 15 is 0 Å². The topological polar surface area (TPSA) is 98.7 Å². The summed E-state index contributed by atoms with van der Waals surface area (Å²) in [4.78, 5) is 23.7. The maximum atomic E-state index is 11.8. The summed E-state index contributed by atoms with van der Waals surface area (Å²) in [6.07, 6.45) is 1.58. The molecule has 1 aliphatic carbocycles. The summed E-state index contributed by atoms with van der Waals surface area (Å²) in [6, 6.07) is 12.3. The Morgan fingerprint density at radius 2 is 1.36 bits per heavy atom. The molecule has 0 saturated carbocycles. The minimum atomic E-state index is -1.10. The van der Waals surface area contributed by atoms with Gasteiger partial charge >= 0.3 is 11.9 Å².